The molecule has 5 heteroatoms. The van der Waals surface area contributed by atoms with Crippen LogP contribution < -0.4 is 0 Å². The van der Waals surface area contributed by atoms with Crippen molar-refractivity contribution in [3.8, 4) is 0 Å². The van der Waals surface area contributed by atoms with E-state index in [-0.39, 0.29) is 12.1 Å². The summed E-state index contributed by atoms with van der Waals surface area (Å²) in [6, 6.07) is 5.88. The van der Waals surface area contributed by atoms with Gasteiger partial charge in [-0.1, -0.05) is 12.1 Å². The van der Waals surface area contributed by atoms with Gasteiger partial charge in [-0.15, -0.1) is 0 Å². The molecule has 0 aliphatic heterocycles. The zero-order valence-electron chi connectivity index (χ0n) is 11.3. The van der Waals surface area contributed by atoms with Crippen LogP contribution in [0.2, 0.25) is 0 Å². The molecular weight excluding hydrogens is 274 g/mol. The Hall–Kier alpha value is -2.56. The molecule has 0 aliphatic carbocycles. The first-order valence-corrected chi connectivity index (χ1v) is 6.44. The standard InChI is InChI=1S/C16H12F2N2O/c1-10-5-6-19-15-12(9-21)8-20(16(10)15)7-11-3-2-4-13(17)14(11)18/h2-6,8-9H,7H2,1H3. The minimum absolute atomic E-state index is 0.139. The maximum Gasteiger partial charge on any atom is 0.163 e. The predicted molar refractivity (Wildman–Crippen MR) is 75.3 cm³/mol. The first kappa shape index (κ1) is 13.4. The van der Waals surface area contributed by atoms with E-state index in [9.17, 15) is 13.6 Å². The van der Waals surface area contributed by atoms with Crippen LogP contribution in [-0.2, 0) is 6.54 Å². The lowest BCUT2D eigenvalue weighted by Crippen LogP contribution is -2.03. The molecule has 0 spiro atoms. The van der Waals surface area contributed by atoms with Crippen LogP contribution in [0.3, 0.4) is 0 Å². The molecule has 1 aromatic carbocycles. The second-order valence-corrected chi connectivity index (χ2v) is 4.87. The van der Waals surface area contributed by atoms with Gasteiger partial charge in [0.2, 0.25) is 0 Å². The van der Waals surface area contributed by atoms with Crippen LogP contribution >= 0.6 is 0 Å². The molecule has 3 aromatic rings. The Morgan fingerprint density at radius 2 is 2.10 bits per heavy atom. The number of hydrogen-bond acceptors (Lipinski definition) is 2. The Labute approximate surface area is 119 Å². The van der Waals surface area contributed by atoms with Crippen LogP contribution in [0.4, 0.5) is 8.78 Å². The SMILES string of the molecule is Cc1ccnc2c(C=O)cn(Cc3cccc(F)c3F)c12. The van der Waals surface area contributed by atoms with Gasteiger partial charge < -0.3 is 4.57 Å². The summed E-state index contributed by atoms with van der Waals surface area (Å²) in [5.41, 5.74) is 2.91. The fourth-order valence-corrected chi connectivity index (χ4v) is 2.48. The summed E-state index contributed by atoms with van der Waals surface area (Å²) in [4.78, 5) is 15.3. The quantitative estimate of drug-likeness (QED) is 0.691. The van der Waals surface area contributed by atoms with Crippen molar-refractivity contribution in [2.24, 2.45) is 0 Å². The molecule has 2 aromatic heterocycles. The smallest absolute Gasteiger partial charge is 0.163 e. The van der Waals surface area contributed by atoms with E-state index in [1.54, 1.807) is 17.0 Å². The van der Waals surface area contributed by atoms with Crippen molar-refractivity contribution in [3.63, 3.8) is 0 Å². The summed E-state index contributed by atoms with van der Waals surface area (Å²) in [6.45, 7) is 2.03. The Morgan fingerprint density at radius 3 is 2.86 bits per heavy atom. The Bertz CT molecular complexity index is 840. The van der Waals surface area contributed by atoms with E-state index in [1.807, 2.05) is 13.0 Å². The zero-order chi connectivity index (χ0) is 15.0. The first-order chi connectivity index (χ1) is 10.1. The molecule has 3 rings (SSSR count). The molecule has 0 saturated heterocycles. The van der Waals surface area contributed by atoms with Gasteiger partial charge in [-0.25, -0.2) is 8.78 Å². The van der Waals surface area contributed by atoms with Crippen LogP contribution in [0.15, 0.2) is 36.7 Å². The number of rotatable bonds is 3. The minimum atomic E-state index is -0.880. The zero-order valence-corrected chi connectivity index (χ0v) is 11.3. The third-order valence-electron chi connectivity index (χ3n) is 3.48. The summed E-state index contributed by atoms with van der Waals surface area (Å²) in [5.74, 6) is -1.75. The maximum atomic E-state index is 13.8. The molecule has 21 heavy (non-hydrogen) atoms. The molecule has 2 heterocycles. The van der Waals surface area contributed by atoms with E-state index >= 15 is 0 Å². The van der Waals surface area contributed by atoms with Crippen molar-refractivity contribution < 1.29 is 13.6 Å². The third-order valence-corrected chi connectivity index (χ3v) is 3.48. The molecule has 0 atom stereocenters. The number of aldehydes is 1. The highest BCUT2D eigenvalue weighted by atomic mass is 19.2. The van der Waals surface area contributed by atoms with E-state index in [4.69, 9.17) is 0 Å². The lowest BCUT2D eigenvalue weighted by Gasteiger charge is -2.08. The molecule has 0 aliphatic rings. The summed E-state index contributed by atoms with van der Waals surface area (Å²) in [6.07, 6.45) is 3.95. The van der Waals surface area contributed by atoms with Gasteiger partial charge in [0.15, 0.2) is 17.9 Å². The highest BCUT2D eigenvalue weighted by Gasteiger charge is 2.14. The molecule has 0 saturated carbocycles. The van der Waals surface area contributed by atoms with Gasteiger partial charge in [-0.3, -0.25) is 9.78 Å². The summed E-state index contributed by atoms with van der Waals surface area (Å²) in [5, 5.41) is 0. The van der Waals surface area contributed by atoms with Crippen molar-refractivity contribution in [1.29, 1.82) is 0 Å². The van der Waals surface area contributed by atoms with Crippen molar-refractivity contribution in [2.75, 3.05) is 0 Å². The van der Waals surface area contributed by atoms with Crippen LogP contribution in [0.1, 0.15) is 21.5 Å². The van der Waals surface area contributed by atoms with Crippen molar-refractivity contribution in [2.45, 2.75) is 13.5 Å². The normalized spacial score (nSPS) is 11.0. The number of aryl methyl sites for hydroxylation is 1. The van der Waals surface area contributed by atoms with Gasteiger partial charge in [0.1, 0.15) is 0 Å². The molecular formula is C16H12F2N2O. The second kappa shape index (κ2) is 5.09. The van der Waals surface area contributed by atoms with Crippen LogP contribution in [0.5, 0.6) is 0 Å². The largest absolute Gasteiger partial charge is 0.341 e. The van der Waals surface area contributed by atoms with E-state index in [0.717, 1.165) is 17.1 Å². The highest BCUT2D eigenvalue weighted by Crippen LogP contribution is 2.23. The van der Waals surface area contributed by atoms with Crippen LogP contribution in [0, 0.1) is 18.6 Å². The second-order valence-electron chi connectivity index (χ2n) is 4.87. The molecule has 3 nitrogen and oxygen atoms in total. The van der Waals surface area contributed by atoms with Crippen molar-refractivity contribution in [3.05, 3.63) is 65.0 Å². The van der Waals surface area contributed by atoms with E-state index < -0.39 is 11.6 Å². The number of carbonyl (C=O) groups is 1. The fourth-order valence-electron chi connectivity index (χ4n) is 2.48. The number of nitrogens with zero attached hydrogens (tertiary/aromatic N) is 2. The molecule has 0 bridgehead atoms. The van der Waals surface area contributed by atoms with Crippen molar-refractivity contribution >= 4 is 17.3 Å². The summed E-state index contributed by atoms with van der Waals surface area (Å²) < 4.78 is 28.8. The maximum absolute atomic E-state index is 13.8. The molecule has 106 valence electrons. The van der Waals surface area contributed by atoms with Crippen LogP contribution in [0.25, 0.3) is 11.0 Å². The average molecular weight is 286 g/mol. The summed E-state index contributed by atoms with van der Waals surface area (Å²) >= 11 is 0. The molecule has 0 fully saturated rings. The van der Waals surface area contributed by atoms with E-state index in [0.29, 0.717) is 17.4 Å². The number of aromatic nitrogens is 2. The van der Waals surface area contributed by atoms with Gasteiger partial charge in [0.25, 0.3) is 0 Å². The fraction of sp³-hybridized carbons (Fsp3) is 0.125. The highest BCUT2D eigenvalue weighted by molar-refractivity contribution is 5.96. The van der Waals surface area contributed by atoms with Gasteiger partial charge in [0.05, 0.1) is 23.1 Å². The lowest BCUT2D eigenvalue weighted by molar-refractivity contribution is 0.112. The number of carbonyl (C=O) groups excluding carboxylic acids is 1. The van der Waals surface area contributed by atoms with E-state index in [1.165, 1.54) is 12.1 Å². The summed E-state index contributed by atoms with van der Waals surface area (Å²) in [7, 11) is 0. The Balaban J connectivity index is 2.17. The Kier molecular flexibility index (Phi) is 3.25. The van der Waals surface area contributed by atoms with Gasteiger partial charge in [-0.05, 0) is 24.6 Å². The molecule has 0 radical (unpaired) electrons. The first-order valence-electron chi connectivity index (χ1n) is 6.44. The van der Waals surface area contributed by atoms with E-state index in [2.05, 4.69) is 4.98 Å². The minimum Gasteiger partial charge on any atom is -0.341 e. The molecule has 0 amide bonds. The molecule has 0 unspecified atom stereocenters. The van der Waals surface area contributed by atoms with Gasteiger partial charge in [-0.2, -0.15) is 0 Å². The number of benzene rings is 1. The topological polar surface area (TPSA) is 34.9 Å². The van der Waals surface area contributed by atoms with Gasteiger partial charge in [0, 0.05) is 18.0 Å². The lowest BCUT2D eigenvalue weighted by atomic mass is 10.2. The number of fused-ring (bicyclic) bond motifs is 1. The Morgan fingerprint density at radius 1 is 1.29 bits per heavy atom. The average Bonchev–Trinajstić information content (AvgIpc) is 2.83. The van der Waals surface area contributed by atoms with Gasteiger partial charge >= 0.3 is 0 Å². The third kappa shape index (κ3) is 2.20. The predicted octanol–water partition coefficient (Wildman–Crippen LogP) is 3.48. The number of hydrogen-bond donors (Lipinski definition) is 0. The number of halogens is 2. The number of pyridine rings is 1. The van der Waals surface area contributed by atoms with Crippen LogP contribution in [-0.4, -0.2) is 15.8 Å². The monoisotopic (exact) mass is 286 g/mol. The molecule has 0 N–H and O–H groups in total. The van der Waals surface area contributed by atoms with Crippen molar-refractivity contribution in [1.82, 2.24) is 9.55 Å².